The molecule has 0 radical (unpaired) electrons. The van der Waals surface area contributed by atoms with Gasteiger partial charge in [-0.15, -0.1) is 0 Å². The van der Waals surface area contributed by atoms with Gasteiger partial charge in [0.2, 0.25) is 5.91 Å². The van der Waals surface area contributed by atoms with Crippen molar-refractivity contribution in [2.45, 2.75) is 13.3 Å². The molecule has 0 fully saturated rings. The fraction of sp³-hybridized carbons (Fsp3) is 0.800. The molecule has 0 saturated carbocycles. The van der Waals surface area contributed by atoms with E-state index in [1.165, 1.54) is 7.11 Å². The van der Waals surface area contributed by atoms with Crippen LogP contribution in [0.3, 0.4) is 0 Å². The first-order valence-corrected chi connectivity index (χ1v) is 4.40. The third kappa shape index (κ3) is 6.04. The van der Waals surface area contributed by atoms with Crippen molar-refractivity contribution in [3.63, 3.8) is 0 Å². The zero-order valence-corrected chi connectivity index (χ0v) is 7.55. The van der Waals surface area contributed by atoms with Gasteiger partial charge in [0.1, 0.15) is 6.73 Å². The van der Waals surface area contributed by atoms with E-state index in [1.54, 1.807) is 6.92 Å². The summed E-state index contributed by atoms with van der Waals surface area (Å²) in [4.78, 5) is 10.6. The Bertz CT molecular complexity index is 133. The predicted octanol–water partition coefficient (Wildman–Crippen LogP) is 0.523. The zero-order chi connectivity index (χ0) is 8.69. The lowest BCUT2D eigenvalue weighted by molar-refractivity contribution is -0.121. The molecule has 6 heteroatoms. The van der Waals surface area contributed by atoms with Gasteiger partial charge in [-0.3, -0.25) is 13.9 Å². The second kappa shape index (κ2) is 6.34. The SMILES string of the molecule is CCC(=O)NCO[PH](=O)OC. The lowest BCUT2D eigenvalue weighted by atomic mass is 10.5. The maximum atomic E-state index is 10.6. The first-order valence-electron chi connectivity index (χ1n) is 3.18. The van der Waals surface area contributed by atoms with Crippen molar-refractivity contribution in [2.75, 3.05) is 13.8 Å². The summed E-state index contributed by atoms with van der Waals surface area (Å²) in [6.45, 7) is 1.66. The highest BCUT2D eigenvalue weighted by molar-refractivity contribution is 7.33. The molecule has 0 aromatic carbocycles. The van der Waals surface area contributed by atoms with Crippen LogP contribution in [0.15, 0.2) is 0 Å². The van der Waals surface area contributed by atoms with Crippen LogP contribution in [0.5, 0.6) is 0 Å². The fourth-order valence-corrected chi connectivity index (χ4v) is 0.667. The van der Waals surface area contributed by atoms with Gasteiger partial charge in [-0.25, -0.2) is 0 Å². The number of amides is 1. The molecule has 1 N–H and O–H groups in total. The van der Waals surface area contributed by atoms with Gasteiger partial charge in [0, 0.05) is 13.5 Å². The van der Waals surface area contributed by atoms with Crippen molar-refractivity contribution >= 4 is 14.2 Å². The Labute approximate surface area is 66.0 Å². The van der Waals surface area contributed by atoms with Gasteiger partial charge in [0.05, 0.1) is 0 Å². The largest absolute Gasteiger partial charge is 0.333 e. The highest BCUT2D eigenvalue weighted by atomic mass is 31.1. The minimum atomic E-state index is -2.40. The maximum Gasteiger partial charge on any atom is 0.320 e. The van der Waals surface area contributed by atoms with Crippen LogP contribution in [0.1, 0.15) is 13.3 Å². The van der Waals surface area contributed by atoms with Gasteiger partial charge in [-0.05, 0) is 0 Å². The molecule has 0 aromatic rings. The lowest BCUT2D eigenvalue weighted by Crippen LogP contribution is -2.23. The average Bonchev–Trinajstić information content (AvgIpc) is 2.04. The lowest BCUT2D eigenvalue weighted by Gasteiger charge is -2.02. The molecular weight excluding hydrogens is 169 g/mol. The van der Waals surface area contributed by atoms with E-state index in [0.717, 1.165) is 0 Å². The Morgan fingerprint density at radius 1 is 1.64 bits per heavy atom. The van der Waals surface area contributed by atoms with Gasteiger partial charge >= 0.3 is 8.25 Å². The summed E-state index contributed by atoms with van der Waals surface area (Å²) in [6, 6.07) is 0. The highest BCUT2D eigenvalue weighted by Gasteiger charge is 1.97. The third-order valence-corrected chi connectivity index (χ3v) is 1.66. The average molecular weight is 181 g/mol. The Kier molecular flexibility index (Phi) is 6.12. The molecule has 0 aliphatic rings. The van der Waals surface area contributed by atoms with Gasteiger partial charge in [-0.2, -0.15) is 0 Å². The Morgan fingerprint density at radius 2 is 2.27 bits per heavy atom. The van der Waals surface area contributed by atoms with Crippen LogP contribution in [-0.2, 0) is 18.4 Å². The summed E-state index contributed by atoms with van der Waals surface area (Å²) in [5, 5.41) is 2.38. The monoisotopic (exact) mass is 181 g/mol. The second-order valence-corrected chi connectivity index (χ2v) is 2.89. The molecule has 0 rings (SSSR count). The minimum Gasteiger partial charge on any atom is -0.333 e. The number of carbonyl (C=O) groups excluding carboxylic acids is 1. The normalized spacial score (nSPS) is 12.5. The van der Waals surface area contributed by atoms with E-state index in [-0.39, 0.29) is 12.6 Å². The smallest absolute Gasteiger partial charge is 0.320 e. The number of hydrogen-bond acceptors (Lipinski definition) is 4. The minimum absolute atomic E-state index is 0.0572. The molecule has 0 aliphatic carbocycles. The number of hydrogen-bond donors (Lipinski definition) is 1. The summed E-state index contributed by atoms with van der Waals surface area (Å²) >= 11 is 0. The fourth-order valence-electron chi connectivity index (χ4n) is 0.359. The molecule has 0 bridgehead atoms. The summed E-state index contributed by atoms with van der Waals surface area (Å²) in [6.07, 6.45) is 0.386. The Balaban J connectivity index is 3.27. The topological polar surface area (TPSA) is 64.6 Å². The van der Waals surface area contributed by atoms with E-state index in [0.29, 0.717) is 6.42 Å². The molecule has 1 unspecified atom stereocenters. The highest BCUT2D eigenvalue weighted by Crippen LogP contribution is 2.19. The second-order valence-electron chi connectivity index (χ2n) is 1.70. The number of rotatable bonds is 5. The van der Waals surface area contributed by atoms with Crippen LogP contribution < -0.4 is 5.32 Å². The number of carbonyl (C=O) groups is 1. The standard InChI is InChI=1S/C5H12NO4P/c1-3-5(7)6-4-10-11(8)9-2/h11H,3-4H2,1-2H3,(H,6,7). The Hall–Kier alpha value is -0.380. The molecular formula is C5H12NO4P. The summed E-state index contributed by atoms with van der Waals surface area (Å²) in [7, 11) is -1.12. The molecule has 0 saturated heterocycles. The van der Waals surface area contributed by atoms with Crippen molar-refractivity contribution in [1.29, 1.82) is 0 Å². The Morgan fingerprint density at radius 3 is 2.73 bits per heavy atom. The molecule has 1 amide bonds. The van der Waals surface area contributed by atoms with E-state index < -0.39 is 8.25 Å². The van der Waals surface area contributed by atoms with Gasteiger partial charge < -0.3 is 9.84 Å². The van der Waals surface area contributed by atoms with Crippen molar-refractivity contribution in [2.24, 2.45) is 0 Å². The quantitative estimate of drug-likeness (QED) is 0.496. The first-order chi connectivity index (χ1) is 5.20. The van der Waals surface area contributed by atoms with E-state index in [4.69, 9.17) is 0 Å². The zero-order valence-electron chi connectivity index (χ0n) is 6.55. The molecule has 0 aliphatic heterocycles. The molecule has 0 aromatic heterocycles. The predicted molar refractivity (Wildman–Crippen MR) is 40.4 cm³/mol. The van der Waals surface area contributed by atoms with Crippen molar-refractivity contribution in [3.8, 4) is 0 Å². The molecule has 5 nitrogen and oxygen atoms in total. The summed E-state index contributed by atoms with van der Waals surface area (Å²) < 4.78 is 19.4. The van der Waals surface area contributed by atoms with Gasteiger partial charge in [0.15, 0.2) is 0 Å². The van der Waals surface area contributed by atoms with Crippen LogP contribution in [0.25, 0.3) is 0 Å². The number of nitrogens with one attached hydrogen (secondary N) is 1. The molecule has 0 heterocycles. The van der Waals surface area contributed by atoms with Crippen molar-refractivity contribution < 1.29 is 18.4 Å². The van der Waals surface area contributed by atoms with E-state index in [1.807, 2.05) is 0 Å². The maximum absolute atomic E-state index is 10.6. The molecule has 11 heavy (non-hydrogen) atoms. The summed E-state index contributed by atoms with van der Waals surface area (Å²) in [5.74, 6) is -0.143. The van der Waals surface area contributed by atoms with Crippen LogP contribution in [-0.4, -0.2) is 19.7 Å². The first kappa shape index (κ1) is 10.6. The van der Waals surface area contributed by atoms with E-state index in [2.05, 4.69) is 14.4 Å². The van der Waals surface area contributed by atoms with E-state index >= 15 is 0 Å². The van der Waals surface area contributed by atoms with Gasteiger partial charge in [0.25, 0.3) is 0 Å². The summed E-state index contributed by atoms with van der Waals surface area (Å²) in [5.41, 5.74) is 0. The van der Waals surface area contributed by atoms with Crippen LogP contribution in [0.2, 0.25) is 0 Å². The third-order valence-electron chi connectivity index (χ3n) is 0.947. The van der Waals surface area contributed by atoms with Crippen LogP contribution in [0, 0.1) is 0 Å². The molecule has 1 atom stereocenters. The molecule has 66 valence electrons. The van der Waals surface area contributed by atoms with Crippen molar-refractivity contribution in [3.05, 3.63) is 0 Å². The van der Waals surface area contributed by atoms with Crippen LogP contribution >= 0.6 is 8.25 Å². The van der Waals surface area contributed by atoms with Crippen molar-refractivity contribution in [1.82, 2.24) is 5.32 Å². The van der Waals surface area contributed by atoms with Gasteiger partial charge in [-0.1, -0.05) is 6.92 Å². The molecule has 0 spiro atoms. The van der Waals surface area contributed by atoms with E-state index in [9.17, 15) is 9.36 Å². The van der Waals surface area contributed by atoms with Crippen LogP contribution in [0.4, 0.5) is 0 Å².